The number of pyridine rings is 1. The molecule has 7 heteroatoms. The quantitative estimate of drug-likeness (QED) is 0.352. The molecule has 184 valence electrons. The van der Waals surface area contributed by atoms with Gasteiger partial charge in [-0.05, 0) is 62.9 Å². The number of para-hydroxylation sites is 1. The van der Waals surface area contributed by atoms with Gasteiger partial charge in [0.15, 0.2) is 0 Å². The summed E-state index contributed by atoms with van der Waals surface area (Å²) in [5, 5.41) is 8.76. The van der Waals surface area contributed by atoms with Gasteiger partial charge in [0.1, 0.15) is 5.75 Å². The first kappa shape index (κ1) is 22.9. The summed E-state index contributed by atoms with van der Waals surface area (Å²) in [6.07, 6.45) is 1.98. The number of hydrogen-bond acceptors (Lipinski definition) is 4. The van der Waals surface area contributed by atoms with Gasteiger partial charge in [-0.3, -0.25) is 14.4 Å². The fourth-order valence-electron chi connectivity index (χ4n) is 3.51. The normalized spacial score (nSPS) is 12.1. The van der Waals surface area contributed by atoms with Crippen LogP contribution < -0.4 is 10.3 Å². The Morgan fingerprint density at radius 3 is 2.43 bits per heavy atom. The summed E-state index contributed by atoms with van der Waals surface area (Å²) in [5.74, 6) is -0.966. The number of amides is 1. The maximum Gasteiger partial charge on any atom is 0.303 e. The van der Waals surface area contributed by atoms with E-state index in [0.29, 0.717) is 42.9 Å². The average Bonchev–Trinajstić information content (AvgIpc) is 2.86. The number of H-pyrrole nitrogens is 1. The van der Waals surface area contributed by atoms with Crippen LogP contribution in [-0.2, 0) is 11.3 Å². The van der Waals surface area contributed by atoms with Gasteiger partial charge in [-0.25, -0.2) is 0 Å². The Morgan fingerprint density at radius 1 is 1.00 bits per heavy atom. The molecule has 2 aromatic carbocycles. The molecule has 1 aromatic heterocycles. The fourth-order valence-corrected chi connectivity index (χ4v) is 3.51. The van der Waals surface area contributed by atoms with Crippen LogP contribution in [0.5, 0.6) is 5.75 Å². The van der Waals surface area contributed by atoms with Gasteiger partial charge in [-0.2, -0.15) is 0 Å². The van der Waals surface area contributed by atoms with Crippen LogP contribution in [0, 0.1) is 0 Å². The number of aromatic amines is 1. The van der Waals surface area contributed by atoms with Crippen LogP contribution in [0.2, 0.25) is 0 Å². The highest BCUT2D eigenvalue weighted by molar-refractivity contribution is 5.94. The SMILES string of the molecule is [2H]C([2H])(c1ccccc1OCCCCCC(=O)O)N(C(=O)c1ccc(-c2cccc(=O)[nH]2)cc1)C(C)C. The summed E-state index contributed by atoms with van der Waals surface area (Å²) < 4.78 is 23.8. The van der Waals surface area contributed by atoms with E-state index in [-0.39, 0.29) is 17.5 Å². The molecule has 0 radical (unpaired) electrons. The van der Waals surface area contributed by atoms with E-state index >= 15 is 0 Å². The van der Waals surface area contributed by atoms with Crippen molar-refractivity contribution in [3.63, 3.8) is 0 Å². The predicted molar refractivity (Wildman–Crippen MR) is 136 cm³/mol. The van der Waals surface area contributed by atoms with Gasteiger partial charge in [0.2, 0.25) is 5.56 Å². The Balaban J connectivity index is 1.80. The lowest BCUT2D eigenvalue weighted by atomic mass is 10.1. The zero-order valence-corrected chi connectivity index (χ0v) is 20.0. The van der Waals surface area contributed by atoms with Crippen molar-refractivity contribution in [2.24, 2.45) is 0 Å². The largest absolute Gasteiger partial charge is 0.493 e. The maximum atomic E-state index is 13.5. The molecule has 0 aliphatic rings. The topological polar surface area (TPSA) is 99.7 Å². The summed E-state index contributed by atoms with van der Waals surface area (Å²) in [6.45, 7) is 1.65. The third-order valence-electron chi connectivity index (χ3n) is 5.37. The van der Waals surface area contributed by atoms with Crippen molar-refractivity contribution in [2.75, 3.05) is 6.61 Å². The summed E-state index contributed by atoms with van der Waals surface area (Å²) in [4.78, 5) is 39.8. The standard InChI is InChI=1S/C28H32N2O5/c1-20(2)30(19-23-9-5-6-11-25(23)35-18-7-3-4-13-27(32)33)28(34)22-16-14-21(15-17-22)24-10-8-12-26(31)29-24/h5-6,8-12,14-17,20H,3-4,7,13,18-19H2,1-2H3,(H,29,31)(H,32,33)/i19D2. The zero-order valence-electron chi connectivity index (χ0n) is 22.0. The molecule has 1 heterocycles. The smallest absolute Gasteiger partial charge is 0.303 e. The predicted octanol–water partition coefficient (Wildman–Crippen LogP) is 5.12. The van der Waals surface area contributed by atoms with E-state index in [1.165, 1.54) is 11.0 Å². The molecule has 0 saturated heterocycles. The van der Waals surface area contributed by atoms with Gasteiger partial charge in [-0.15, -0.1) is 0 Å². The van der Waals surface area contributed by atoms with Crippen LogP contribution in [-0.4, -0.2) is 39.5 Å². The van der Waals surface area contributed by atoms with Crippen molar-refractivity contribution in [3.8, 4) is 17.0 Å². The second kappa shape index (κ2) is 12.6. The van der Waals surface area contributed by atoms with E-state index in [1.54, 1.807) is 74.5 Å². The number of carboxylic acids is 1. The minimum atomic E-state index is -2.17. The van der Waals surface area contributed by atoms with E-state index in [0.717, 1.165) is 5.56 Å². The fraction of sp³-hybridized carbons (Fsp3) is 0.321. The molecule has 1 amide bonds. The molecular weight excluding hydrogens is 444 g/mol. The number of rotatable bonds is 12. The van der Waals surface area contributed by atoms with Crippen molar-refractivity contribution >= 4 is 11.9 Å². The molecule has 2 N–H and O–H groups in total. The number of aliphatic carboxylic acids is 1. The maximum absolute atomic E-state index is 13.5. The molecule has 3 rings (SSSR count). The third-order valence-corrected chi connectivity index (χ3v) is 5.37. The number of aromatic nitrogens is 1. The number of ether oxygens (including phenoxy) is 1. The van der Waals surface area contributed by atoms with Crippen LogP contribution in [0.25, 0.3) is 11.3 Å². The molecule has 0 aliphatic heterocycles. The lowest BCUT2D eigenvalue weighted by Gasteiger charge is -2.28. The van der Waals surface area contributed by atoms with Gasteiger partial charge in [0, 0.05) is 41.8 Å². The number of carbonyl (C=O) groups is 2. The lowest BCUT2D eigenvalue weighted by molar-refractivity contribution is -0.137. The van der Waals surface area contributed by atoms with Crippen LogP contribution in [0.3, 0.4) is 0 Å². The summed E-state index contributed by atoms with van der Waals surface area (Å²) in [6, 6.07) is 17.8. The first-order chi connectivity index (χ1) is 17.6. The molecule has 0 unspecified atom stereocenters. The zero-order chi connectivity index (χ0) is 27.0. The Bertz CT molecular complexity index is 1270. The highest BCUT2D eigenvalue weighted by atomic mass is 16.5. The van der Waals surface area contributed by atoms with Gasteiger partial charge in [-0.1, -0.05) is 36.4 Å². The first-order valence-electron chi connectivity index (χ1n) is 12.7. The Labute approximate surface area is 208 Å². The molecule has 0 aliphatic carbocycles. The highest BCUT2D eigenvalue weighted by Crippen LogP contribution is 2.23. The van der Waals surface area contributed by atoms with Crippen molar-refractivity contribution in [1.29, 1.82) is 0 Å². The third kappa shape index (κ3) is 7.57. The van der Waals surface area contributed by atoms with E-state index in [9.17, 15) is 14.4 Å². The number of nitrogens with zero attached hydrogens (tertiary/aromatic N) is 1. The minimum absolute atomic E-state index is 0.106. The van der Waals surface area contributed by atoms with Gasteiger partial charge >= 0.3 is 5.97 Å². The number of unbranched alkanes of at least 4 members (excludes halogenated alkanes) is 2. The number of carboxylic acid groups (broad SMARTS) is 1. The Hall–Kier alpha value is -3.87. The molecule has 0 atom stereocenters. The average molecular weight is 479 g/mol. The van der Waals surface area contributed by atoms with Crippen LogP contribution in [0.15, 0.2) is 71.5 Å². The molecule has 0 bridgehead atoms. The molecular formula is C28H32N2O5. The molecule has 7 nitrogen and oxygen atoms in total. The lowest BCUT2D eigenvalue weighted by Crippen LogP contribution is -2.36. The van der Waals surface area contributed by atoms with Crippen molar-refractivity contribution in [2.45, 2.75) is 52.1 Å². The molecule has 0 spiro atoms. The van der Waals surface area contributed by atoms with Crippen LogP contribution >= 0.6 is 0 Å². The van der Waals surface area contributed by atoms with Gasteiger partial charge < -0.3 is 19.7 Å². The Kier molecular flexibility index (Phi) is 8.21. The minimum Gasteiger partial charge on any atom is -0.493 e. The molecule has 3 aromatic rings. The van der Waals surface area contributed by atoms with E-state index in [4.69, 9.17) is 12.6 Å². The van der Waals surface area contributed by atoms with Crippen molar-refractivity contribution in [1.82, 2.24) is 9.88 Å². The molecule has 35 heavy (non-hydrogen) atoms. The summed E-state index contributed by atoms with van der Waals surface area (Å²) in [7, 11) is 0. The first-order valence-corrected chi connectivity index (χ1v) is 11.7. The number of nitrogens with one attached hydrogen (secondary N) is 1. The van der Waals surface area contributed by atoms with Crippen molar-refractivity contribution < 1.29 is 22.2 Å². The van der Waals surface area contributed by atoms with E-state index < -0.39 is 24.4 Å². The summed E-state index contributed by atoms with van der Waals surface area (Å²) in [5.41, 5.74) is 1.68. The Morgan fingerprint density at radius 2 is 1.74 bits per heavy atom. The number of benzene rings is 2. The monoisotopic (exact) mass is 478 g/mol. The van der Waals surface area contributed by atoms with E-state index in [1.807, 2.05) is 0 Å². The molecule has 0 saturated carbocycles. The second-order valence-corrected chi connectivity index (χ2v) is 8.44. The van der Waals surface area contributed by atoms with Crippen molar-refractivity contribution in [3.05, 3.63) is 88.2 Å². The number of carbonyl (C=O) groups excluding carboxylic acids is 1. The van der Waals surface area contributed by atoms with Gasteiger partial charge in [0.25, 0.3) is 5.91 Å². The van der Waals surface area contributed by atoms with Gasteiger partial charge in [0.05, 0.1) is 9.35 Å². The van der Waals surface area contributed by atoms with E-state index in [2.05, 4.69) is 4.98 Å². The highest BCUT2D eigenvalue weighted by Gasteiger charge is 2.21. The van der Waals surface area contributed by atoms with Crippen LogP contribution in [0.4, 0.5) is 0 Å². The van der Waals surface area contributed by atoms with Crippen LogP contribution in [0.1, 0.15) is 58.2 Å². The molecule has 0 fully saturated rings. The number of hydrogen-bond donors (Lipinski definition) is 2. The summed E-state index contributed by atoms with van der Waals surface area (Å²) >= 11 is 0. The second-order valence-electron chi connectivity index (χ2n) is 8.44.